The molecule has 3 fully saturated rings. The fraction of sp³-hybridized carbons (Fsp3) is 0.742. The topological polar surface area (TPSA) is 134 Å². The molecule has 42 heavy (non-hydrogen) atoms. The van der Waals surface area contributed by atoms with Gasteiger partial charge in [0.1, 0.15) is 0 Å². The van der Waals surface area contributed by atoms with Crippen LogP contribution in [-0.4, -0.2) is 88.2 Å². The molecule has 2 amide bonds. The van der Waals surface area contributed by atoms with E-state index in [1.54, 1.807) is 0 Å². The number of hydrogen-bond donors (Lipinski definition) is 4. The molecule has 3 saturated heterocycles. The molecule has 11 heteroatoms. The number of rotatable bonds is 8. The Bertz CT molecular complexity index is 990. The van der Waals surface area contributed by atoms with Crippen molar-refractivity contribution in [2.24, 2.45) is 11.8 Å². The molecule has 1 aromatic rings. The first kappa shape index (κ1) is 34.7. The maximum atomic E-state index is 13.5. The van der Waals surface area contributed by atoms with Crippen molar-refractivity contribution in [2.75, 3.05) is 59.4 Å². The summed E-state index contributed by atoms with van der Waals surface area (Å²) in [6.45, 7) is 8.62. The van der Waals surface area contributed by atoms with Crippen molar-refractivity contribution in [1.82, 2.24) is 26.2 Å². The molecule has 3 aliphatic heterocycles. The Morgan fingerprint density at radius 3 is 2.48 bits per heavy atom. The second-order valence-corrected chi connectivity index (χ2v) is 12.3. The first-order valence-electron chi connectivity index (χ1n) is 15.7. The summed E-state index contributed by atoms with van der Waals surface area (Å²) in [5, 5.41) is 17.8. The molecule has 3 heterocycles. The van der Waals surface area contributed by atoms with Crippen LogP contribution in [0.4, 0.5) is 0 Å². The van der Waals surface area contributed by atoms with Crippen molar-refractivity contribution < 1.29 is 34.2 Å². The fourth-order valence-electron chi connectivity index (χ4n) is 6.77. The van der Waals surface area contributed by atoms with Gasteiger partial charge in [-0.25, -0.2) is 0 Å². The van der Waals surface area contributed by atoms with Gasteiger partial charge in [-0.1, -0.05) is 42.7 Å². The van der Waals surface area contributed by atoms with Gasteiger partial charge in [-0.15, -0.1) is 6.54 Å². The minimum atomic E-state index is -1.91. The summed E-state index contributed by atoms with van der Waals surface area (Å²) in [5.41, 5.74) is 2.60. The molecule has 3 aliphatic rings. The van der Waals surface area contributed by atoms with Crippen LogP contribution in [0.1, 0.15) is 68.4 Å². The third-order valence-electron chi connectivity index (χ3n) is 9.10. The van der Waals surface area contributed by atoms with Crippen LogP contribution < -0.4 is 21.3 Å². The Morgan fingerprint density at radius 2 is 1.71 bits per heavy atom. The summed E-state index contributed by atoms with van der Waals surface area (Å²) < 4.78 is 17.0. The third kappa shape index (κ3) is 11.4. The summed E-state index contributed by atoms with van der Waals surface area (Å²) >= 11 is -1.91. The monoisotopic (exact) mass is 670 g/mol. The summed E-state index contributed by atoms with van der Waals surface area (Å²) in [7, 11) is 2.22. The number of benzene rings is 1. The number of amides is 2. The number of nitrogens with zero attached hydrogens (tertiary/aromatic N) is 2. The van der Waals surface area contributed by atoms with Crippen LogP contribution in [0.15, 0.2) is 24.3 Å². The zero-order chi connectivity index (χ0) is 30.2. The van der Waals surface area contributed by atoms with Crippen molar-refractivity contribution in [3.05, 3.63) is 40.7 Å². The van der Waals surface area contributed by atoms with E-state index in [1.807, 2.05) is 0 Å². The molecule has 2 bridgehead atoms. The maximum absolute atomic E-state index is 13.5. The summed E-state index contributed by atoms with van der Waals surface area (Å²) in [4.78, 5) is 27.7. The van der Waals surface area contributed by atoms with Crippen molar-refractivity contribution in [2.45, 2.75) is 76.3 Å². The van der Waals surface area contributed by atoms with Crippen LogP contribution in [0, 0.1) is 18.8 Å². The van der Waals surface area contributed by atoms with Gasteiger partial charge in [-0.05, 0) is 83.1 Å². The second-order valence-electron chi connectivity index (χ2n) is 12.0. The molecule has 5 atom stereocenters. The molecule has 1 aromatic carbocycles. The van der Waals surface area contributed by atoms with Gasteiger partial charge in [-0.3, -0.25) is 9.69 Å². The average molecular weight is 671 g/mol. The quantitative estimate of drug-likeness (QED) is 0.311. The number of hydrogen-bond acceptors (Lipinski definition) is 8. The van der Waals surface area contributed by atoms with Crippen LogP contribution in [0.25, 0.3) is 5.32 Å². The molecule has 0 radical (unpaired) electrons. The van der Waals surface area contributed by atoms with Crippen molar-refractivity contribution in [1.29, 1.82) is 0 Å². The Kier molecular flexibility index (Phi) is 16.1. The normalized spacial score (nSPS) is 27.6. The number of fused-ring (bicyclic) bond motifs is 2. The van der Waals surface area contributed by atoms with Crippen molar-refractivity contribution in [3.8, 4) is 0 Å². The molecule has 1 unspecified atom stereocenters. The van der Waals surface area contributed by atoms with Gasteiger partial charge < -0.3 is 31.4 Å². The fourth-order valence-corrected chi connectivity index (χ4v) is 6.77. The van der Waals surface area contributed by atoms with Gasteiger partial charge in [-0.2, -0.15) is 0 Å². The Hall–Kier alpha value is -1.75. The van der Waals surface area contributed by atoms with E-state index in [4.69, 9.17) is 7.01 Å². The summed E-state index contributed by atoms with van der Waals surface area (Å²) in [5.74, 6) is 1.15. The molecular formula is C31H51N6O4Tc. The average Bonchev–Trinajstić information content (AvgIpc) is 3.20. The van der Waals surface area contributed by atoms with E-state index in [2.05, 4.69) is 69.7 Å². The van der Waals surface area contributed by atoms with Gasteiger partial charge >= 0.3 is 24.6 Å². The van der Waals surface area contributed by atoms with E-state index in [1.165, 1.54) is 17.5 Å². The van der Waals surface area contributed by atoms with Crippen molar-refractivity contribution >= 4 is 11.8 Å². The summed E-state index contributed by atoms with van der Waals surface area (Å²) in [6.07, 6.45) is 8.37. The van der Waals surface area contributed by atoms with E-state index in [-0.39, 0.29) is 17.7 Å². The van der Waals surface area contributed by atoms with Gasteiger partial charge in [0.15, 0.2) is 0 Å². The van der Waals surface area contributed by atoms with Crippen LogP contribution in [0.3, 0.4) is 0 Å². The summed E-state index contributed by atoms with van der Waals surface area (Å²) in [6, 6.07) is 9.82. The first-order chi connectivity index (χ1) is 20.4. The molecule has 0 aromatic heterocycles. The van der Waals surface area contributed by atoms with E-state index < -0.39 is 17.6 Å². The van der Waals surface area contributed by atoms with Gasteiger partial charge in [0.05, 0.1) is 11.8 Å². The van der Waals surface area contributed by atoms with Gasteiger partial charge in [0.25, 0.3) is 0 Å². The standard InChI is InChI=1S/C31H52N6O2.2O.Tc/c1-23-7-9-25(10-8-23)27-20-26-11-12-28(37(26)2)30(27)31(39)36-14-5-3-4-6-24-21-33-17-16-32-15-13-29(38)35-19-18-34-22-24;;;/h7-10,24,26-28,30,32-34H,3-6,11-22H2,1-2H3,(H2,35,36,38,39);;;/q;;;+1/p-1/t24?,26-,27+,28+,30-;;;/m0.../s1/i;;;1+1. The SMILES string of the molecule is Cc1ccc([C@H]2C[C@@H]3CC[C@H]([C@H]2C(=O)NCCCCCC2CNCC[N-]C(=O)CCNCCNC2)N3C)cc1.[O]=[99Tc+]=[O]. The predicted octanol–water partition coefficient (Wildman–Crippen LogP) is 2.69. The first-order valence-corrected chi connectivity index (χ1v) is 17.2. The Labute approximate surface area is 259 Å². The number of unbranched alkanes of at least 4 members (excludes halogenated alkanes) is 2. The third-order valence-corrected chi connectivity index (χ3v) is 9.10. The number of nitrogens with one attached hydrogen (secondary N) is 4. The minimum absolute atomic E-state index is 0.00780. The molecular weight excluding hydrogens is 619 g/mol. The predicted molar refractivity (Wildman–Crippen MR) is 159 cm³/mol. The zero-order valence-corrected chi connectivity index (χ0v) is 27.3. The molecule has 4 rings (SSSR count). The van der Waals surface area contributed by atoms with E-state index >= 15 is 0 Å². The Balaban J connectivity index is 0.00000155. The van der Waals surface area contributed by atoms with E-state index in [0.717, 1.165) is 77.8 Å². The van der Waals surface area contributed by atoms with Gasteiger partial charge in [0, 0.05) is 44.7 Å². The molecule has 4 N–H and O–H groups in total. The number of carbonyl (C=O) groups excluding carboxylic acids is 2. The molecule has 0 spiro atoms. The zero-order valence-electron chi connectivity index (χ0n) is 25.4. The second kappa shape index (κ2) is 19.5. The van der Waals surface area contributed by atoms with Crippen LogP contribution in [-0.2, 0) is 34.2 Å². The van der Waals surface area contributed by atoms with Crippen LogP contribution in [0.2, 0.25) is 0 Å². The molecule has 10 nitrogen and oxygen atoms in total. The van der Waals surface area contributed by atoms with Gasteiger partial charge in [0.2, 0.25) is 5.91 Å². The number of piperidine rings is 1. The van der Waals surface area contributed by atoms with Crippen LogP contribution >= 0.6 is 0 Å². The van der Waals surface area contributed by atoms with Crippen molar-refractivity contribution in [3.63, 3.8) is 0 Å². The van der Waals surface area contributed by atoms with E-state index in [9.17, 15) is 9.59 Å². The molecule has 0 saturated carbocycles. The molecule has 0 aliphatic carbocycles. The number of aryl methyl sites for hydroxylation is 1. The van der Waals surface area contributed by atoms with Crippen LogP contribution in [0.5, 0.6) is 0 Å². The van der Waals surface area contributed by atoms with E-state index in [0.29, 0.717) is 43.4 Å². The molecule has 236 valence electrons. The Morgan fingerprint density at radius 1 is 1.00 bits per heavy atom. The number of carbonyl (C=O) groups is 2.